The molecule has 0 spiro atoms. The molecule has 3 aliphatic rings. The number of nitrogens with one attached hydrogen (secondary N) is 1. The Morgan fingerprint density at radius 1 is 1.04 bits per heavy atom. The maximum atomic E-state index is 6.00. The minimum atomic E-state index is 0.813. The molecular weight excluding hydrogens is 326 g/mol. The standard InChI is InChI=1S/C21H33N3O2/c1(6-23-7-10-25-11-8-23)2-9-26-21-5-3-4-18(12-21)15-24-16-19-13-22-14-20(19)17-24/h3-5,12,19-20,22H,1-2,6-11,13-17H2/t19-,20+. The largest absolute Gasteiger partial charge is 0.494 e. The molecule has 5 heteroatoms. The average Bonchev–Trinajstić information content (AvgIpc) is 3.24. The van der Waals surface area contributed by atoms with Crippen LogP contribution in [0.3, 0.4) is 0 Å². The number of nitrogens with zero attached hydrogens (tertiary/aromatic N) is 2. The molecule has 0 bridgehead atoms. The van der Waals surface area contributed by atoms with Gasteiger partial charge < -0.3 is 14.8 Å². The van der Waals surface area contributed by atoms with E-state index in [4.69, 9.17) is 9.47 Å². The Kier molecular flexibility index (Phi) is 6.44. The van der Waals surface area contributed by atoms with Gasteiger partial charge in [0.2, 0.25) is 0 Å². The monoisotopic (exact) mass is 359 g/mol. The highest BCUT2D eigenvalue weighted by Crippen LogP contribution is 2.28. The van der Waals surface area contributed by atoms with Crippen molar-refractivity contribution in [2.45, 2.75) is 19.4 Å². The van der Waals surface area contributed by atoms with Gasteiger partial charge in [-0.25, -0.2) is 0 Å². The molecule has 0 unspecified atom stereocenters. The van der Waals surface area contributed by atoms with Gasteiger partial charge >= 0.3 is 0 Å². The summed E-state index contributed by atoms with van der Waals surface area (Å²) in [7, 11) is 0. The van der Waals surface area contributed by atoms with Crippen molar-refractivity contribution in [3.05, 3.63) is 29.8 Å². The van der Waals surface area contributed by atoms with Crippen molar-refractivity contribution < 1.29 is 9.47 Å². The summed E-state index contributed by atoms with van der Waals surface area (Å²) in [6, 6.07) is 8.69. The zero-order valence-electron chi connectivity index (χ0n) is 15.9. The Balaban J connectivity index is 1.16. The first kappa shape index (κ1) is 18.2. The number of likely N-dealkylation sites (tertiary alicyclic amines) is 1. The summed E-state index contributed by atoms with van der Waals surface area (Å²) in [5.41, 5.74) is 1.38. The summed E-state index contributed by atoms with van der Waals surface area (Å²) >= 11 is 0. The highest BCUT2D eigenvalue weighted by Gasteiger charge is 2.35. The predicted molar refractivity (Wildman–Crippen MR) is 104 cm³/mol. The molecule has 144 valence electrons. The van der Waals surface area contributed by atoms with Gasteiger partial charge in [-0.05, 0) is 62.0 Å². The van der Waals surface area contributed by atoms with E-state index in [0.717, 1.165) is 63.5 Å². The molecule has 1 N–H and O–H groups in total. The highest BCUT2D eigenvalue weighted by atomic mass is 16.5. The third kappa shape index (κ3) is 4.97. The van der Waals surface area contributed by atoms with E-state index >= 15 is 0 Å². The van der Waals surface area contributed by atoms with Gasteiger partial charge in [0.05, 0.1) is 19.8 Å². The molecular formula is C21H33N3O2. The van der Waals surface area contributed by atoms with Crippen molar-refractivity contribution in [2.75, 3.05) is 65.6 Å². The number of fused-ring (bicyclic) bond motifs is 1. The third-order valence-electron chi connectivity index (χ3n) is 6.01. The van der Waals surface area contributed by atoms with Crippen molar-refractivity contribution in [3.8, 4) is 5.75 Å². The van der Waals surface area contributed by atoms with Gasteiger partial charge in [-0.1, -0.05) is 12.1 Å². The zero-order chi connectivity index (χ0) is 17.6. The lowest BCUT2D eigenvalue weighted by atomic mass is 10.0. The van der Waals surface area contributed by atoms with Crippen LogP contribution in [0.25, 0.3) is 0 Å². The van der Waals surface area contributed by atoms with Crippen LogP contribution in [-0.4, -0.2) is 75.4 Å². The number of rotatable bonds is 8. The molecule has 1 aromatic rings. The second-order valence-electron chi connectivity index (χ2n) is 8.03. The van der Waals surface area contributed by atoms with Crippen LogP contribution in [0, 0.1) is 11.8 Å². The Labute approximate surface area is 157 Å². The number of hydrogen-bond donors (Lipinski definition) is 1. The molecule has 0 saturated carbocycles. The van der Waals surface area contributed by atoms with Crippen LogP contribution < -0.4 is 10.1 Å². The first-order chi connectivity index (χ1) is 12.9. The lowest BCUT2D eigenvalue weighted by Crippen LogP contribution is -2.36. The predicted octanol–water partition coefficient (Wildman–Crippen LogP) is 1.83. The Hall–Kier alpha value is -1.14. The molecule has 1 aromatic carbocycles. The van der Waals surface area contributed by atoms with Gasteiger partial charge in [0.15, 0.2) is 0 Å². The Morgan fingerprint density at radius 2 is 1.85 bits per heavy atom. The van der Waals surface area contributed by atoms with Gasteiger partial charge in [0.25, 0.3) is 0 Å². The summed E-state index contributed by atoms with van der Waals surface area (Å²) in [6.07, 6.45) is 2.31. The summed E-state index contributed by atoms with van der Waals surface area (Å²) < 4.78 is 11.4. The van der Waals surface area contributed by atoms with Crippen molar-refractivity contribution in [1.82, 2.24) is 15.1 Å². The maximum Gasteiger partial charge on any atom is 0.119 e. The molecule has 0 aliphatic carbocycles. The minimum Gasteiger partial charge on any atom is -0.494 e. The van der Waals surface area contributed by atoms with Crippen LogP contribution in [0.4, 0.5) is 0 Å². The fourth-order valence-electron chi connectivity index (χ4n) is 4.53. The third-order valence-corrected chi connectivity index (χ3v) is 6.01. The van der Waals surface area contributed by atoms with Crippen LogP contribution in [0.2, 0.25) is 0 Å². The van der Waals surface area contributed by atoms with Crippen molar-refractivity contribution in [3.63, 3.8) is 0 Å². The molecule has 26 heavy (non-hydrogen) atoms. The highest BCUT2D eigenvalue weighted by molar-refractivity contribution is 5.28. The number of morpholine rings is 1. The second kappa shape index (κ2) is 9.18. The Bertz CT molecular complexity index is 550. The summed E-state index contributed by atoms with van der Waals surface area (Å²) in [4.78, 5) is 5.10. The van der Waals surface area contributed by atoms with E-state index < -0.39 is 0 Å². The number of hydrogen-bond acceptors (Lipinski definition) is 5. The lowest BCUT2D eigenvalue weighted by Gasteiger charge is -2.26. The molecule has 2 atom stereocenters. The fraction of sp³-hybridized carbons (Fsp3) is 0.714. The minimum absolute atomic E-state index is 0.813. The summed E-state index contributed by atoms with van der Waals surface area (Å²) in [5, 5.41) is 3.52. The van der Waals surface area contributed by atoms with E-state index in [2.05, 4.69) is 39.4 Å². The first-order valence-corrected chi connectivity index (χ1v) is 10.3. The van der Waals surface area contributed by atoms with Gasteiger partial charge in [-0.3, -0.25) is 9.80 Å². The van der Waals surface area contributed by atoms with E-state index in [0.29, 0.717) is 0 Å². The second-order valence-corrected chi connectivity index (χ2v) is 8.03. The van der Waals surface area contributed by atoms with Crippen LogP contribution in [0.1, 0.15) is 18.4 Å². The van der Waals surface area contributed by atoms with Gasteiger partial charge in [0.1, 0.15) is 5.75 Å². The molecule has 0 aromatic heterocycles. The van der Waals surface area contributed by atoms with Gasteiger partial charge in [-0.2, -0.15) is 0 Å². The molecule has 0 radical (unpaired) electrons. The number of benzene rings is 1. The molecule has 3 aliphatic heterocycles. The van der Waals surface area contributed by atoms with Crippen LogP contribution in [0.15, 0.2) is 24.3 Å². The van der Waals surface area contributed by atoms with Crippen molar-refractivity contribution in [1.29, 1.82) is 0 Å². The normalized spacial score (nSPS) is 26.9. The van der Waals surface area contributed by atoms with E-state index in [9.17, 15) is 0 Å². The van der Waals surface area contributed by atoms with E-state index in [1.54, 1.807) is 0 Å². The molecule has 3 heterocycles. The van der Waals surface area contributed by atoms with Crippen LogP contribution >= 0.6 is 0 Å². The average molecular weight is 360 g/mol. The van der Waals surface area contributed by atoms with Crippen molar-refractivity contribution >= 4 is 0 Å². The molecule has 5 nitrogen and oxygen atoms in total. The van der Waals surface area contributed by atoms with Crippen LogP contribution in [0.5, 0.6) is 5.75 Å². The fourth-order valence-corrected chi connectivity index (χ4v) is 4.53. The molecule has 3 fully saturated rings. The number of unbranched alkanes of at least 4 members (excludes halogenated alkanes) is 1. The summed E-state index contributed by atoms with van der Waals surface area (Å²) in [5.74, 6) is 2.75. The van der Waals surface area contributed by atoms with Gasteiger partial charge in [-0.15, -0.1) is 0 Å². The van der Waals surface area contributed by atoms with Gasteiger partial charge in [0, 0.05) is 32.7 Å². The summed E-state index contributed by atoms with van der Waals surface area (Å²) in [6.45, 7) is 11.9. The topological polar surface area (TPSA) is 37.0 Å². The SMILES string of the molecule is c1cc(CN2C[C@H]3CNC[C@H]3C2)cc(OCCCCN2CCOCC2)c1. The molecule has 0 amide bonds. The lowest BCUT2D eigenvalue weighted by molar-refractivity contribution is 0.0368. The smallest absolute Gasteiger partial charge is 0.119 e. The molecule has 4 rings (SSSR count). The first-order valence-electron chi connectivity index (χ1n) is 10.3. The van der Waals surface area contributed by atoms with Crippen LogP contribution in [-0.2, 0) is 11.3 Å². The van der Waals surface area contributed by atoms with E-state index in [-0.39, 0.29) is 0 Å². The van der Waals surface area contributed by atoms with E-state index in [1.165, 1.54) is 44.7 Å². The quantitative estimate of drug-likeness (QED) is 0.717. The molecule has 3 saturated heterocycles. The maximum absolute atomic E-state index is 6.00. The zero-order valence-corrected chi connectivity index (χ0v) is 15.9. The van der Waals surface area contributed by atoms with Crippen molar-refractivity contribution in [2.24, 2.45) is 11.8 Å². The van der Waals surface area contributed by atoms with E-state index in [1.807, 2.05) is 0 Å². The number of ether oxygens (including phenoxy) is 2. The Morgan fingerprint density at radius 3 is 2.65 bits per heavy atom.